The molecule has 1 aliphatic rings. The molecule has 0 bridgehead atoms. The van der Waals surface area contributed by atoms with Crippen LogP contribution in [-0.4, -0.2) is 61.2 Å². The van der Waals surface area contributed by atoms with E-state index in [0.29, 0.717) is 13.0 Å². The molecule has 1 fully saturated rings. The molecule has 1 saturated heterocycles. The van der Waals surface area contributed by atoms with E-state index in [4.69, 9.17) is 0 Å². The Balaban J connectivity index is 2.02. The molecule has 2 rings (SSSR count). The van der Waals surface area contributed by atoms with Gasteiger partial charge in [0.2, 0.25) is 11.8 Å². The van der Waals surface area contributed by atoms with Crippen molar-refractivity contribution in [3.63, 3.8) is 0 Å². The Morgan fingerprint density at radius 1 is 1.29 bits per heavy atom. The first-order valence-electron chi connectivity index (χ1n) is 7.95. The van der Waals surface area contributed by atoms with Gasteiger partial charge in [-0.1, -0.05) is 29.8 Å². The molecule has 1 aromatic carbocycles. The van der Waals surface area contributed by atoms with Gasteiger partial charge in [-0.2, -0.15) is 0 Å². The van der Waals surface area contributed by atoms with Crippen molar-refractivity contribution >= 4 is 21.7 Å². The van der Waals surface area contributed by atoms with Gasteiger partial charge in [-0.05, 0) is 18.9 Å². The second-order valence-electron chi connectivity index (χ2n) is 6.43. The minimum Gasteiger partial charge on any atom is -0.340 e. The van der Waals surface area contributed by atoms with Crippen LogP contribution in [0.3, 0.4) is 0 Å². The lowest BCUT2D eigenvalue weighted by Crippen LogP contribution is -2.44. The van der Waals surface area contributed by atoms with Crippen LogP contribution in [0.1, 0.15) is 24.5 Å². The molecule has 0 radical (unpaired) electrons. The summed E-state index contributed by atoms with van der Waals surface area (Å²) in [5.74, 6) is -0.292. The van der Waals surface area contributed by atoms with E-state index in [1.54, 1.807) is 7.05 Å². The Labute approximate surface area is 143 Å². The monoisotopic (exact) mass is 352 g/mol. The van der Waals surface area contributed by atoms with Crippen LogP contribution in [0.4, 0.5) is 0 Å². The van der Waals surface area contributed by atoms with Gasteiger partial charge in [-0.15, -0.1) is 0 Å². The molecular formula is C17H24N2O4S. The third-order valence-corrected chi connectivity index (χ3v) is 6.13. The number of aryl methyl sites for hydroxylation is 1. The van der Waals surface area contributed by atoms with Gasteiger partial charge in [0, 0.05) is 26.6 Å². The summed E-state index contributed by atoms with van der Waals surface area (Å²) in [7, 11) is -1.44. The fourth-order valence-corrected chi connectivity index (χ4v) is 4.64. The Bertz CT molecular complexity index is 730. The molecule has 1 heterocycles. The molecule has 0 spiro atoms. The van der Waals surface area contributed by atoms with Gasteiger partial charge in [0.15, 0.2) is 9.84 Å². The fraction of sp³-hybridized carbons (Fsp3) is 0.529. The molecule has 2 amide bonds. The van der Waals surface area contributed by atoms with Crippen LogP contribution in [0.5, 0.6) is 0 Å². The minimum atomic E-state index is -3.05. The zero-order valence-electron chi connectivity index (χ0n) is 14.4. The highest BCUT2D eigenvalue weighted by Crippen LogP contribution is 2.17. The molecule has 1 unspecified atom stereocenters. The van der Waals surface area contributed by atoms with Gasteiger partial charge in [-0.3, -0.25) is 9.59 Å². The average Bonchev–Trinajstić information content (AvgIpc) is 2.85. The van der Waals surface area contributed by atoms with Crippen LogP contribution in [0, 0.1) is 6.92 Å². The van der Waals surface area contributed by atoms with Gasteiger partial charge in [0.1, 0.15) is 6.54 Å². The van der Waals surface area contributed by atoms with E-state index in [-0.39, 0.29) is 35.9 Å². The summed E-state index contributed by atoms with van der Waals surface area (Å²) >= 11 is 0. The Morgan fingerprint density at radius 3 is 2.54 bits per heavy atom. The standard InChI is InChI=1S/C17H24N2O4S/c1-13-5-4-6-15(9-13)10-19(14(2)20)11-17(21)18(3)16-7-8-24(22,23)12-16/h4-6,9,16H,7-8,10-12H2,1-3H3. The third-order valence-electron chi connectivity index (χ3n) is 4.38. The highest BCUT2D eigenvalue weighted by molar-refractivity contribution is 7.91. The number of hydrogen-bond acceptors (Lipinski definition) is 4. The highest BCUT2D eigenvalue weighted by atomic mass is 32.2. The van der Waals surface area contributed by atoms with Crippen molar-refractivity contribution in [3.05, 3.63) is 35.4 Å². The van der Waals surface area contributed by atoms with Crippen molar-refractivity contribution < 1.29 is 18.0 Å². The lowest BCUT2D eigenvalue weighted by atomic mass is 10.1. The molecule has 132 valence electrons. The van der Waals surface area contributed by atoms with Gasteiger partial charge < -0.3 is 9.80 Å². The number of carbonyl (C=O) groups is 2. The fourth-order valence-electron chi connectivity index (χ4n) is 2.87. The molecule has 7 heteroatoms. The van der Waals surface area contributed by atoms with Crippen LogP contribution in [0.2, 0.25) is 0 Å². The van der Waals surface area contributed by atoms with E-state index >= 15 is 0 Å². The zero-order valence-corrected chi connectivity index (χ0v) is 15.2. The largest absolute Gasteiger partial charge is 0.340 e. The van der Waals surface area contributed by atoms with Crippen LogP contribution in [-0.2, 0) is 26.0 Å². The molecule has 1 atom stereocenters. The number of benzene rings is 1. The molecule has 0 aromatic heterocycles. The second-order valence-corrected chi connectivity index (χ2v) is 8.65. The summed E-state index contributed by atoms with van der Waals surface area (Å²) in [5, 5.41) is 0. The van der Waals surface area contributed by atoms with Crippen molar-refractivity contribution in [2.24, 2.45) is 0 Å². The van der Waals surface area contributed by atoms with Crippen molar-refractivity contribution in [3.8, 4) is 0 Å². The summed E-state index contributed by atoms with van der Waals surface area (Å²) in [6, 6.07) is 7.49. The third kappa shape index (κ3) is 4.80. The lowest BCUT2D eigenvalue weighted by molar-refractivity contribution is -0.140. The van der Waals surface area contributed by atoms with E-state index in [2.05, 4.69) is 0 Å². The second kappa shape index (κ2) is 7.34. The van der Waals surface area contributed by atoms with E-state index in [0.717, 1.165) is 11.1 Å². The Hall–Kier alpha value is -1.89. The maximum Gasteiger partial charge on any atom is 0.242 e. The van der Waals surface area contributed by atoms with Crippen molar-refractivity contribution in [2.75, 3.05) is 25.1 Å². The van der Waals surface area contributed by atoms with E-state index in [9.17, 15) is 18.0 Å². The van der Waals surface area contributed by atoms with Crippen LogP contribution >= 0.6 is 0 Å². The summed E-state index contributed by atoms with van der Waals surface area (Å²) in [4.78, 5) is 27.3. The van der Waals surface area contributed by atoms with E-state index in [1.807, 2.05) is 31.2 Å². The number of nitrogens with zero attached hydrogens (tertiary/aromatic N) is 2. The van der Waals surface area contributed by atoms with Gasteiger partial charge in [-0.25, -0.2) is 8.42 Å². The number of carbonyl (C=O) groups excluding carboxylic acids is 2. The SMILES string of the molecule is CC(=O)N(CC(=O)N(C)C1CCS(=O)(=O)C1)Cc1cccc(C)c1. The molecule has 0 N–H and O–H groups in total. The first-order valence-corrected chi connectivity index (χ1v) is 9.77. The van der Waals surface area contributed by atoms with Crippen molar-refractivity contribution in [1.82, 2.24) is 9.80 Å². The quantitative estimate of drug-likeness (QED) is 0.792. The zero-order chi connectivity index (χ0) is 17.9. The predicted octanol–water partition coefficient (Wildman–Crippen LogP) is 0.989. The number of likely N-dealkylation sites (N-methyl/N-ethyl adjacent to an activating group) is 1. The van der Waals surface area contributed by atoms with Gasteiger partial charge in [0.05, 0.1) is 11.5 Å². The van der Waals surface area contributed by atoms with E-state index in [1.165, 1.54) is 16.7 Å². The smallest absolute Gasteiger partial charge is 0.242 e. The summed E-state index contributed by atoms with van der Waals surface area (Å²) in [6.45, 7) is 3.72. The van der Waals surface area contributed by atoms with Crippen LogP contribution < -0.4 is 0 Å². The first kappa shape index (κ1) is 18.4. The Kier molecular flexibility index (Phi) is 5.64. The first-order chi connectivity index (χ1) is 11.2. The van der Waals surface area contributed by atoms with Crippen LogP contribution in [0.25, 0.3) is 0 Å². The predicted molar refractivity (Wildman–Crippen MR) is 92.1 cm³/mol. The van der Waals surface area contributed by atoms with Crippen molar-refractivity contribution in [2.45, 2.75) is 32.9 Å². The maximum absolute atomic E-state index is 12.5. The molecule has 24 heavy (non-hydrogen) atoms. The highest BCUT2D eigenvalue weighted by Gasteiger charge is 2.33. The molecular weight excluding hydrogens is 328 g/mol. The number of amides is 2. The van der Waals surface area contributed by atoms with E-state index < -0.39 is 9.84 Å². The van der Waals surface area contributed by atoms with Gasteiger partial charge in [0.25, 0.3) is 0 Å². The summed E-state index contributed by atoms with van der Waals surface area (Å²) in [6.07, 6.45) is 0.461. The summed E-state index contributed by atoms with van der Waals surface area (Å²) in [5.41, 5.74) is 2.06. The number of rotatable bonds is 5. The topological polar surface area (TPSA) is 74.8 Å². The Morgan fingerprint density at radius 2 is 2.00 bits per heavy atom. The van der Waals surface area contributed by atoms with Gasteiger partial charge >= 0.3 is 0 Å². The average molecular weight is 352 g/mol. The maximum atomic E-state index is 12.5. The van der Waals surface area contributed by atoms with Crippen molar-refractivity contribution in [1.29, 1.82) is 0 Å². The summed E-state index contributed by atoms with van der Waals surface area (Å²) < 4.78 is 23.1. The normalized spacial score (nSPS) is 19.0. The molecule has 1 aliphatic heterocycles. The minimum absolute atomic E-state index is 0.00713. The molecule has 0 aliphatic carbocycles. The molecule has 6 nitrogen and oxygen atoms in total. The molecule has 0 saturated carbocycles. The van der Waals surface area contributed by atoms with Crippen LogP contribution in [0.15, 0.2) is 24.3 Å². The molecule has 1 aromatic rings. The lowest BCUT2D eigenvalue weighted by Gasteiger charge is -2.27. The number of hydrogen-bond donors (Lipinski definition) is 0. The number of sulfone groups is 1.